The van der Waals surface area contributed by atoms with E-state index in [0.29, 0.717) is 40.9 Å². The van der Waals surface area contributed by atoms with E-state index >= 15 is 0 Å². The largest absolute Gasteiger partial charge is 0.507 e. The Balaban J connectivity index is 1.79. The lowest BCUT2D eigenvalue weighted by Gasteiger charge is -2.24. The Kier molecular flexibility index (Phi) is 7.38. The molecule has 1 fully saturated rings. The predicted octanol–water partition coefficient (Wildman–Crippen LogP) is 5.01. The molecule has 1 unspecified atom stereocenters. The van der Waals surface area contributed by atoms with Gasteiger partial charge in [0.05, 0.1) is 17.9 Å². The summed E-state index contributed by atoms with van der Waals surface area (Å²) in [5.74, 6) is -1.06. The van der Waals surface area contributed by atoms with E-state index < -0.39 is 17.7 Å². The standard InChI is InChI=1S/C29H29N3O5/c1-17(2)16-37-24-13-8-20(15-18(24)3)27(34)25-26(23-7-5-6-14-30-23)32(29(36)28(25)35)22-11-9-21(10-12-22)31-19(4)33/h5-15,17,26,34H,16H2,1-4H3,(H,31,33)/b27-25-. The Labute approximate surface area is 215 Å². The number of aromatic nitrogens is 1. The van der Waals surface area contributed by atoms with Crippen LogP contribution in [0.2, 0.25) is 0 Å². The highest BCUT2D eigenvalue weighted by Crippen LogP contribution is 2.42. The van der Waals surface area contributed by atoms with Gasteiger partial charge in [-0.05, 0) is 73.0 Å². The Bertz CT molecular complexity index is 1360. The summed E-state index contributed by atoms with van der Waals surface area (Å²) < 4.78 is 5.83. The lowest BCUT2D eigenvalue weighted by atomic mass is 9.97. The molecule has 0 saturated carbocycles. The van der Waals surface area contributed by atoms with Crippen molar-refractivity contribution in [2.45, 2.75) is 33.7 Å². The molecule has 8 heteroatoms. The van der Waals surface area contributed by atoms with Gasteiger partial charge in [-0.3, -0.25) is 24.3 Å². The average Bonchev–Trinajstić information content (AvgIpc) is 3.13. The third-order valence-corrected chi connectivity index (χ3v) is 5.90. The Morgan fingerprint density at radius 3 is 2.43 bits per heavy atom. The topological polar surface area (TPSA) is 109 Å². The lowest BCUT2D eigenvalue weighted by Crippen LogP contribution is -2.29. The zero-order chi connectivity index (χ0) is 26.7. The number of pyridine rings is 1. The maximum atomic E-state index is 13.3. The number of ketones is 1. The van der Waals surface area contributed by atoms with Gasteiger partial charge in [0.1, 0.15) is 17.6 Å². The summed E-state index contributed by atoms with van der Waals surface area (Å²) in [5.41, 5.74) is 2.56. The highest BCUT2D eigenvalue weighted by atomic mass is 16.5. The zero-order valence-electron chi connectivity index (χ0n) is 21.2. The van der Waals surface area contributed by atoms with Gasteiger partial charge in [0.15, 0.2) is 0 Å². The predicted molar refractivity (Wildman–Crippen MR) is 141 cm³/mol. The average molecular weight is 500 g/mol. The van der Waals surface area contributed by atoms with Crippen molar-refractivity contribution in [3.05, 3.63) is 89.3 Å². The van der Waals surface area contributed by atoms with Gasteiger partial charge < -0.3 is 15.2 Å². The van der Waals surface area contributed by atoms with E-state index in [1.165, 1.54) is 11.8 Å². The van der Waals surface area contributed by atoms with Crippen LogP contribution in [-0.2, 0) is 14.4 Å². The van der Waals surface area contributed by atoms with Crippen LogP contribution in [0.25, 0.3) is 5.76 Å². The molecule has 4 rings (SSSR count). The first-order chi connectivity index (χ1) is 17.7. The van der Waals surface area contributed by atoms with E-state index in [9.17, 15) is 19.5 Å². The van der Waals surface area contributed by atoms with Crippen LogP contribution in [-0.4, -0.2) is 34.3 Å². The number of nitrogens with one attached hydrogen (secondary N) is 1. The van der Waals surface area contributed by atoms with E-state index in [0.717, 1.165) is 5.56 Å². The summed E-state index contributed by atoms with van der Waals surface area (Å²) in [4.78, 5) is 43.7. The number of rotatable bonds is 7. The number of amides is 2. The van der Waals surface area contributed by atoms with Gasteiger partial charge >= 0.3 is 0 Å². The van der Waals surface area contributed by atoms with E-state index in [2.05, 4.69) is 24.1 Å². The second-order valence-electron chi connectivity index (χ2n) is 9.34. The van der Waals surface area contributed by atoms with Crippen molar-refractivity contribution in [3.63, 3.8) is 0 Å². The van der Waals surface area contributed by atoms with Crippen LogP contribution in [0.5, 0.6) is 5.75 Å². The van der Waals surface area contributed by atoms with Crippen LogP contribution < -0.4 is 15.0 Å². The summed E-state index contributed by atoms with van der Waals surface area (Å²) in [6.07, 6.45) is 1.57. The van der Waals surface area contributed by atoms with Crippen LogP contribution in [0, 0.1) is 12.8 Å². The molecule has 1 atom stereocenters. The van der Waals surface area contributed by atoms with Crippen LogP contribution >= 0.6 is 0 Å². The third-order valence-electron chi connectivity index (χ3n) is 5.90. The highest BCUT2D eigenvalue weighted by Gasteiger charge is 2.47. The number of hydrogen-bond donors (Lipinski definition) is 2. The molecule has 2 amide bonds. The summed E-state index contributed by atoms with van der Waals surface area (Å²) >= 11 is 0. The molecule has 37 heavy (non-hydrogen) atoms. The number of nitrogens with zero attached hydrogens (tertiary/aromatic N) is 2. The first kappa shape index (κ1) is 25.6. The molecule has 1 aromatic heterocycles. The second-order valence-corrected chi connectivity index (χ2v) is 9.34. The van der Waals surface area contributed by atoms with Crippen molar-refractivity contribution >= 4 is 34.7 Å². The number of Topliss-reactive ketones (excluding diaryl/α,β-unsaturated/α-hetero) is 1. The fourth-order valence-corrected chi connectivity index (χ4v) is 4.20. The normalized spacial score (nSPS) is 16.8. The number of benzene rings is 2. The molecule has 1 aliphatic rings. The van der Waals surface area contributed by atoms with Gasteiger partial charge in [-0.1, -0.05) is 19.9 Å². The molecule has 0 aliphatic carbocycles. The first-order valence-electron chi connectivity index (χ1n) is 12.0. The van der Waals surface area contributed by atoms with Gasteiger partial charge in [-0.2, -0.15) is 0 Å². The van der Waals surface area contributed by atoms with Gasteiger partial charge in [0, 0.05) is 30.1 Å². The molecule has 8 nitrogen and oxygen atoms in total. The van der Waals surface area contributed by atoms with Crippen molar-refractivity contribution < 1.29 is 24.2 Å². The first-order valence-corrected chi connectivity index (χ1v) is 12.0. The van der Waals surface area contributed by atoms with Gasteiger partial charge in [0.2, 0.25) is 5.91 Å². The summed E-state index contributed by atoms with van der Waals surface area (Å²) in [6, 6.07) is 16.0. The van der Waals surface area contributed by atoms with Crippen LogP contribution in [0.15, 0.2) is 72.4 Å². The highest BCUT2D eigenvalue weighted by molar-refractivity contribution is 6.51. The summed E-state index contributed by atoms with van der Waals surface area (Å²) in [6.45, 7) is 7.92. The summed E-state index contributed by atoms with van der Waals surface area (Å²) in [5, 5.41) is 14.0. The molecule has 2 N–H and O–H groups in total. The number of aryl methyl sites for hydroxylation is 1. The van der Waals surface area contributed by atoms with E-state index in [-0.39, 0.29) is 17.2 Å². The number of carbonyl (C=O) groups is 3. The fraction of sp³-hybridized carbons (Fsp3) is 0.241. The molecule has 1 saturated heterocycles. The Morgan fingerprint density at radius 1 is 1.11 bits per heavy atom. The number of carbonyl (C=O) groups excluding carboxylic acids is 3. The number of anilines is 2. The quantitative estimate of drug-likeness (QED) is 0.269. The number of aliphatic hydroxyl groups is 1. The van der Waals surface area contributed by atoms with Gasteiger partial charge in [-0.15, -0.1) is 0 Å². The molecule has 2 heterocycles. The lowest BCUT2D eigenvalue weighted by molar-refractivity contribution is -0.132. The van der Waals surface area contributed by atoms with Crippen molar-refractivity contribution in [1.29, 1.82) is 0 Å². The fourth-order valence-electron chi connectivity index (χ4n) is 4.20. The number of hydrogen-bond acceptors (Lipinski definition) is 6. The van der Waals surface area contributed by atoms with Crippen molar-refractivity contribution in [1.82, 2.24) is 4.98 Å². The molecule has 1 aliphatic heterocycles. The molecule has 190 valence electrons. The molecular formula is C29H29N3O5. The van der Waals surface area contributed by atoms with E-state index in [1.807, 2.05) is 6.92 Å². The summed E-state index contributed by atoms with van der Waals surface area (Å²) in [7, 11) is 0. The van der Waals surface area contributed by atoms with Gasteiger partial charge in [-0.25, -0.2) is 0 Å². The maximum Gasteiger partial charge on any atom is 0.300 e. The minimum Gasteiger partial charge on any atom is -0.507 e. The Morgan fingerprint density at radius 2 is 1.84 bits per heavy atom. The van der Waals surface area contributed by atoms with Crippen LogP contribution in [0.3, 0.4) is 0 Å². The van der Waals surface area contributed by atoms with E-state index in [1.54, 1.807) is 66.9 Å². The Hall–Kier alpha value is -4.46. The van der Waals surface area contributed by atoms with Gasteiger partial charge in [0.25, 0.3) is 11.7 Å². The van der Waals surface area contributed by atoms with Crippen LogP contribution in [0.4, 0.5) is 11.4 Å². The second kappa shape index (κ2) is 10.7. The molecule has 0 radical (unpaired) electrons. The monoisotopic (exact) mass is 499 g/mol. The van der Waals surface area contributed by atoms with Crippen LogP contribution in [0.1, 0.15) is 43.6 Å². The molecule has 3 aromatic rings. The number of ether oxygens (including phenoxy) is 1. The molecular weight excluding hydrogens is 470 g/mol. The SMILES string of the molecule is CC(=O)Nc1ccc(N2C(=O)C(=O)/C(=C(\O)c3ccc(OCC(C)C)c(C)c3)C2c2ccccn2)cc1. The minimum absolute atomic E-state index is 0.0510. The van der Waals surface area contributed by atoms with E-state index in [4.69, 9.17) is 4.74 Å². The minimum atomic E-state index is -0.940. The molecule has 0 bridgehead atoms. The van der Waals surface area contributed by atoms with Crippen molar-refractivity contribution in [3.8, 4) is 5.75 Å². The molecule has 0 spiro atoms. The zero-order valence-corrected chi connectivity index (χ0v) is 21.2. The maximum absolute atomic E-state index is 13.3. The molecule has 2 aromatic carbocycles. The smallest absolute Gasteiger partial charge is 0.300 e. The van der Waals surface area contributed by atoms with Crippen molar-refractivity contribution in [2.75, 3.05) is 16.8 Å². The van der Waals surface area contributed by atoms with Crippen molar-refractivity contribution in [2.24, 2.45) is 5.92 Å². The third kappa shape index (κ3) is 5.38. The number of aliphatic hydroxyl groups excluding tert-OH is 1.